The van der Waals surface area contributed by atoms with Gasteiger partial charge in [0.05, 0.1) is 0 Å². The standard InChI is InChI=1S/C14H19ClSi/c15-16-14(11-13-7-3-4-8-13)10-9-12-5-1-2-6-12/h1-4,9-13H,5-8,16H2. The Morgan fingerprint density at radius 1 is 1.00 bits per heavy atom. The van der Waals surface area contributed by atoms with Gasteiger partial charge in [-0.15, -0.1) is 0 Å². The smallest absolute Gasteiger partial charge is 0.155 e. The zero-order chi connectivity index (χ0) is 11.2. The van der Waals surface area contributed by atoms with E-state index in [1.807, 2.05) is 0 Å². The first-order valence-corrected chi connectivity index (χ1v) is 8.98. The quantitative estimate of drug-likeness (QED) is 0.309. The molecule has 2 aliphatic rings. The minimum Gasteiger partial charge on any atom is -0.170 e. The molecule has 86 valence electrons. The van der Waals surface area contributed by atoms with Crippen LogP contribution in [-0.2, 0) is 0 Å². The zero-order valence-corrected chi connectivity index (χ0v) is 11.8. The molecule has 0 saturated heterocycles. The summed E-state index contributed by atoms with van der Waals surface area (Å²) in [5.74, 6) is 1.44. The van der Waals surface area contributed by atoms with E-state index in [4.69, 9.17) is 11.1 Å². The first kappa shape index (κ1) is 11.9. The Labute approximate surface area is 105 Å². The van der Waals surface area contributed by atoms with Gasteiger partial charge in [-0.1, -0.05) is 47.7 Å². The van der Waals surface area contributed by atoms with Crippen LogP contribution >= 0.6 is 11.1 Å². The van der Waals surface area contributed by atoms with Crippen molar-refractivity contribution < 1.29 is 0 Å². The van der Waals surface area contributed by atoms with Crippen molar-refractivity contribution in [3.63, 3.8) is 0 Å². The molecule has 0 heterocycles. The van der Waals surface area contributed by atoms with Crippen LogP contribution in [0.15, 0.2) is 47.7 Å². The minimum atomic E-state index is -0.545. The van der Waals surface area contributed by atoms with Crippen LogP contribution in [0.5, 0.6) is 0 Å². The second kappa shape index (κ2) is 6.26. The molecular formula is C14H19ClSi. The molecule has 0 atom stereocenters. The van der Waals surface area contributed by atoms with E-state index in [9.17, 15) is 0 Å². The van der Waals surface area contributed by atoms with Gasteiger partial charge in [0.1, 0.15) is 0 Å². The molecule has 2 aliphatic carbocycles. The van der Waals surface area contributed by atoms with Crippen molar-refractivity contribution in [3.8, 4) is 0 Å². The monoisotopic (exact) mass is 250 g/mol. The van der Waals surface area contributed by atoms with Crippen molar-refractivity contribution in [2.24, 2.45) is 11.8 Å². The average molecular weight is 251 g/mol. The van der Waals surface area contributed by atoms with Crippen molar-refractivity contribution in [2.75, 3.05) is 0 Å². The SMILES string of the molecule is Cl[SiH2]C(C=CC1CC=CC1)=CC1CC=CC1. The Balaban J connectivity index is 1.88. The van der Waals surface area contributed by atoms with Gasteiger partial charge in [0.25, 0.3) is 0 Å². The second-order valence-electron chi connectivity index (χ2n) is 4.64. The molecular weight excluding hydrogens is 232 g/mol. The molecule has 0 aromatic carbocycles. The summed E-state index contributed by atoms with van der Waals surface area (Å²) in [7, 11) is -0.545. The molecule has 0 aromatic heterocycles. The van der Waals surface area contributed by atoms with E-state index in [1.54, 1.807) is 0 Å². The summed E-state index contributed by atoms with van der Waals surface area (Å²) < 4.78 is 0. The topological polar surface area (TPSA) is 0 Å². The fourth-order valence-electron chi connectivity index (χ4n) is 2.28. The Morgan fingerprint density at radius 2 is 1.56 bits per heavy atom. The first-order chi connectivity index (χ1) is 7.88. The summed E-state index contributed by atoms with van der Waals surface area (Å²) in [6.45, 7) is 0. The van der Waals surface area contributed by atoms with Crippen molar-refractivity contribution in [3.05, 3.63) is 47.7 Å². The highest BCUT2D eigenvalue weighted by Crippen LogP contribution is 2.23. The van der Waals surface area contributed by atoms with Gasteiger partial charge in [-0.25, -0.2) is 0 Å². The summed E-state index contributed by atoms with van der Waals surface area (Å²) >= 11 is 6.11. The Hall–Kier alpha value is -0.533. The van der Waals surface area contributed by atoms with Crippen LogP contribution in [0.4, 0.5) is 0 Å². The molecule has 0 nitrogen and oxygen atoms in total. The van der Waals surface area contributed by atoms with Crippen molar-refractivity contribution in [2.45, 2.75) is 25.7 Å². The van der Waals surface area contributed by atoms with Crippen LogP contribution in [0.25, 0.3) is 0 Å². The first-order valence-electron chi connectivity index (χ1n) is 6.13. The molecule has 0 spiro atoms. The normalized spacial score (nSPS) is 23.7. The van der Waals surface area contributed by atoms with E-state index in [0.29, 0.717) is 5.92 Å². The lowest BCUT2D eigenvalue weighted by atomic mass is 10.1. The molecule has 0 bridgehead atoms. The van der Waals surface area contributed by atoms with Crippen molar-refractivity contribution in [1.29, 1.82) is 0 Å². The maximum Gasteiger partial charge on any atom is 0.155 e. The van der Waals surface area contributed by atoms with Crippen LogP contribution in [0.3, 0.4) is 0 Å². The summed E-state index contributed by atoms with van der Waals surface area (Å²) in [6.07, 6.45) is 21.0. The van der Waals surface area contributed by atoms with E-state index in [0.717, 1.165) is 5.92 Å². The molecule has 0 saturated carbocycles. The molecule has 16 heavy (non-hydrogen) atoms. The molecule has 0 aromatic rings. The number of hydrogen-bond donors (Lipinski definition) is 0. The van der Waals surface area contributed by atoms with E-state index in [-0.39, 0.29) is 0 Å². The van der Waals surface area contributed by atoms with Crippen LogP contribution in [0.1, 0.15) is 25.7 Å². The largest absolute Gasteiger partial charge is 0.170 e. The molecule has 0 fully saturated rings. The maximum atomic E-state index is 6.11. The number of hydrogen-bond acceptors (Lipinski definition) is 0. The van der Waals surface area contributed by atoms with Gasteiger partial charge in [-0.05, 0) is 37.5 Å². The zero-order valence-electron chi connectivity index (χ0n) is 9.61. The van der Waals surface area contributed by atoms with Crippen LogP contribution in [0.2, 0.25) is 0 Å². The van der Waals surface area contributed by atoms with E-state index >= 15 is 0 Å². The van der Waals surface area contributed by atoms with E-state index in [2.05, 4.69) is 42.5 Å². The van der Waals surface area contributed by atoms with Crippen molar-refractivity contribution >= 4 is 19.9 Å². The molecule has 0 aliphatic heterocycles. The fourth-order valence-corrected chi connectivity index (χ4v) is 3.46. The third-order valence-electron chi connectivity index (χ3n) is 3.28. The van der Waals surface area contributed by atoms with Gasteiger partial charge < -0.3 is 0 Å². The molecule has 0 unspecified atom stereocenters. The summed E-state index contributed by atoms with van der Waals surface area (Å²) in [5, 5.41) is 1.42. The van der Waals surface area contributed by atoms with Gasteiger partial charge in [-0.3, -0.25) is 0 Å². The third kappa shape index (κ3) is 3.50. The molecule has 2 heteroatoms. The molecule has 0 N–H and O–H groups in total. The average Bonchev–Trinajstić information content (AvgIpc) is 2.97. The molecule has 0 radical (unpaired) electrons. The lowest BCUT2D eigenvalue weighted by molar-refractivity contribution is 0.710. The molecule has 0 amide bonds. The van der Waals surface area contributed by atoms with Gasteiger partial charge in [0.15, 0.2) is 8.83 Å². The number of rotatable bonds is 4. The predicted octanol–water partition coefficient (Wildman–Crippen LogP) is 3.68. The van der Waals surface area contributed by atoms with Gasteiger partial charge in [0.2, 0.25) is 0 Å². The lowest BCUT2D eigenvalue weighted by Gasteiger charge is -2.05. The highest BCUT2D eigenvalue weighted by atomic mass is 35.6. The minimum absolute atomic E-state index is 0.545. The highest BCUT2D eigenvalue weighted by Gasteiger charge is 2.09. The maximum absolute atomic E-state index is 6.11. The Morgan fingerprint density at radius 3 is 2.12 bits per heavy atom. The van der Waals surface area contributed by atoms with Gasteiger partial charge in [0, 0.05) is 0 Å². The van der Waals surface area contributed by atoms with E-state index in [1.165, 1.54) is 30.9 Å². The lowest BCUT2D eigenvalue weighted by Crippen LogP contribution is -1.95. The second-order valence-corrected chi connectivity index (χ2v) is 6.53. The Bertz CT molecular complexity index is 323. The highest BCUT2D eigenvalue weighted by molar-refractivity contribution is 6.98. The number of allylic oxidation sites excluding steroid dienone is 8. The fraction of sp³-hybridized carbons (Fsp3) is 0.429. The Kier molecular flexibility index (Phi) is 4.67. The van der Waals surface area contributed by atoms with E-state index < -0.39 is 8.83 Å². The summed E-state index contributed by atoms with van der Waals surface area (Å²) in [6, 6.07) is 0. The third-order valence-corrected chi connectivity index (χ3v) is 4.98. The number of halogens is 1. The van der Waals surface area contributed by atoms with Crippen LogP contribution < -0.4 is 0 Å². The molecule has 2 rings (SSSR count). The van der Waals surface area contributed by atoms with Crippen LogP contribution in [0, 0.1) is 11.8 Å². The van der Waals surface area contributed by atoms with Gasteiger partial charge in [-0.2, -0.15) is 11.1 Å². The predicted molar refractivity (Wildman–Crippen MR) is 75.3 cm³/mol. The van der Waals surface area contributed by atoms with Crippen molar-refractivity contribution in [1.82, 2.24) is 0 Å². The summed E-state index contributed by atoms with van der Waals surface area (Å²) in [5.41, 5.74) is 0. The summed E-state index contributed by atoms with van der Waals surface area (Å²) in [4.78, 5) is 0. The van der Waals surface area contributed by atoms with Crippen LogP contribution in [-0.4, -0.2) is 8.83 Å². The van der Waals surface area contributed by atoms with Gasteiger partial charge >= 0.3 is 0 Å².